The van der Waals surface area contributed by atoms with Crippen molar-refractivity contribution in [3.8, 4) is 0 Å². The summed E-state index contributed by atoms with van der Waals surface area (Å²) in [4.78, 5) is 1.70. The van der Waals surface area contributed by atoms with E-state index in [0.717, 1.165) is 18.9 Å². The summed E-state index contributed by atoms with van der Waals surface area (Å²) >= 11 is 0. The van der Waals surface area contributed by atoms with Crippen LogP contribution in [-0.2, 0) is 0 Å². The van der Waals surface area contributed by atoms with Gasteiger partial charge in [-0.1, -0.05) is 13.0 Å². The zero-order valence-corrected chi connectivity index (χ0v) is 12.5. The molecule has 0 spiro atoms. The molecule has 0 saturated carbocycles. The van der Waals surface area contributed by atoms with Gasteiger partial charge in [0.05, 0.1) is 5.57 Å². The topological polar surface area (TPSA) is 3.24 Å². The fourth-order valence-electron chi connectivity index (χ4n) is 3.22. The Balaban J connectivity index is 2.44. The molecule has 0 bridgehead atoms. The third-order valence-electron chi connectivity index (χ3n) is 4.37. The van der Waals surface area contributed by atoms with E-state index in [0.29, 0.717) is 6.54 Å². The van der Waals surface area contributed by atoms with Crippen LogP contribution < -0.4 is 0 Å². The third kappa shape index (κ3) is 3.67. The van der Waals surface area contributed by atoms with Crippen molar-refractivity contribution in [2.45, 2.75) is 51.5 Å². The molecule has 1 heterocycles. The summed E-state index contributed by atoms with van der Waals surface area (Å²) in [6, 6.07) is 0.0100. The highest BCUT2D eigenvalue weighted by Crippen LogP contribution is 2.44. The highest BCUT2D eigenvalue weighted by atomic mass is 19.4. The standard InChI is InChI=1S/C15H19F6N/c1-9-6-12(14(16,17)18)11(13(7-9)15(19,20)21)8-22-5-3-4-10(22)2/h6,9-10H,3-5,7-8H2,1-2H3. The normalized spacial score (nSPS) is 28.3. The lowest BCUT2D eigenvalue weighted by Gasteiger charge is -2.31. The van der Waals surface area contributed by atoms with Gasteiger partial charge in [0.15, 0.2) is 0 Å². The Morgan fingerprint density at radius 2 is 1.73 bits per heavy atom. The zero-order chi connectivity index (χ0) is 16.7. The van der Waals surface area contributed by atoms with Gasteiger partial charge in [-0.25, -0.2) is 0 Å². The number of rotatable bonds is 2. The maximum atomic E-state index is 13.2. The molecule has 7 heteroatoms. The molecule has 0 amide bonds. The third-order valence-corrected chi connectivity index (χ3v) is 4.37. The molecule has 1 nitrogen and oxygen atoms in total. The van der Waals surface area contributed by atoms with Crippen LogP contribution in [-0.4, -0.2) is 36.4 Å². The molecular formula is C15H19F6N. The first kappa shape index (κ1) is 17.4. The predicted molar refractivity (Wildman–Crippen MR) is 71.3 cm³/mol. The van der Waals surface area contributed by atoms with Crippen LogP contribution in [0.3, 0.4) is 0 Å². The Morgan fingerprint density at radius 3 is 2.18 bits per heavy atom. The van der Waals surface area contributed by atoms with Gasteiger partial charge >= 0.3 is 12.4 Å². The van der Waals surface area contributed by atoms with Gasteiger partial charge in [-0.05, 0) is 44.2 Å². The number of halogens is 6. The lowest BCUT2D eigenvalue weighted by atomic mass is 9.84. The summed E-state index contributed by atoms with van der Waals surface area (Å²) in [6.45, 7) is 3.47. The summed E-state index contributed by atoms with van der Waals surface area (Å²) in [5.41, 5.74) is -2.72. The Morgan fingerprint density at radius 1 is 1.09 bits per heavy atom. The number of allylic oxidation sites excluding steroid dienone is 2. The highest BCUT2D eigenvalue weighted by Gasteiger charge is 2.46. The minimum atomic E-state index is -4.76. The minimum absolute atomic E-state index is 0.0100. The van der Waals surface area contributed by atoms with Gasteiger partial charge in [0, 0.05) is 18.2 Å². The smallest absolute Gasteiger partial charge is 0.296 e. The zero-order valence-electron chi connectivity index (χ0n) is 12.5. The first-order valence-electron chi connectivity index (χ1n) is 7.32. The second kappa shape index (κ2) is 5.91. The van der Waals surface area contributed by atoms with Gasteiger partial charge in [-0.15, -0.1) is 0 Å². The van der Waals surface area contributed by atoms with Crippen molar-refractivity contribution in [1.82, 2.24) is 4.90 Å². The second-order valence-electron chi connectivity index (χ2n) is 6.18. The molecule has 0 aromatic carbocycles. The summed E-state index contributed by atoms with van der Waals surface area (Å²) < 4.78 is 79.3. The molecule has 1 aliphatic heterocycles. The molecule has 0 aromatic heterocycles. The van der Waals surface area contributed by atoms with Crippen molar-refractivity contribution in [3.05, 3.63) is 22.8 Å². The number of hydrogen-bond acceptors (Lipinski definition) is 1. The number of alkyl halides is 6. The summed E-state index contributed by atoms with van der Waals surface area (Å²) in [6.07, 6.45) is -7.33. The molecule has 1 aliphatic carbocycles. The second-order valence-corrected chi connectivity index (χ2v) is 6.18. The summed E-state index contributed by atoms with van der Waals surface area (Å²) in [5, 5.41) is 0. The van der Waals surface area contributed by atoms with Crippen LogP contribution in [0.2, 0.25) is 0 Å². The average Bonchev–Trinajstić information content (AvgIpc) is 2.74. The predicted octanol–water partition coefficient (Wildman–Crippen LogP) is 4.86. The Hall–Kier alpha value is -0.980. The van der Waals surface area contributed by atoms with E-state index < -0.39 is 35.0 Å². The van der Waals surface area contributed by atoms with Gasteiger partial charge in [-0.2, -0.15) is 26.3 Å². The minimum Gasteiger partial charge on any atom is -0.296 e. The molecule has 0 N–H and O–H groups in total. The monoisotopic (exact) mass is 327 g/mol. The van der Waals surface area contributed by atoms with Crippen molar-refractivity contribution < 1.29 is 26.3 Å². The number of hydrogen-bond donors (Lipinski definition) is 0. The number of nitrogens with zero attached hydrogens (tertiary/aromatic N) is 1. The van der Waals surface area contributed by atoms with E-state index in [2.05, 4.69) is 0 Å². The lowest BCUT2D eigenvalue weighted by Crippen LogP contribution is -2.35. The van der Waals surface area contributed by atoms with Crippen LogP contribution in [0.4, 0.5) is 26.3 Å². The SMILES string of the molecule is CC1C=C(C(F)(F)F)C(CN2CCCC2C)=C(C(F)(F)F)C1. The van der Waals surface area contributed by atoms with Crippen LogP contribution in [0.5, 0.6) is 0 Å². The van der Waals surface area contributed by atoms with E-state index in [-0.39, 0.29) is 19.0 Å². The molecule has 126 valence electrons. The van der Waals surface area contributed by atoms with Crippen molar-refractivity contribution >= 4 is 0 Å². The lowest BCUT2D eigenvalue weighted by molar-refractivity contribution is -0.102. The average molecular weight is 327 g/mol. The largest absolute Gasteiger partial charge is 0.416 e. The first-order valence-corrected chi connectivity index (χ1v) is 7.32. The van der Waals surface area contributed by atoms with Gasteiger partial charge in [0.2, 0.25) is 0 Å². The van der Waals surface area contributed by atoms with E-state index >= 15 is 0 Å². The quantitative estimate of drug-likeness (QED) is 0.655. The number of likely N-dealkylation sites (tertiary alicyclic amines) is 1. The molecule has 2 atom stereocenters. The maximum Gasteiger partial charge on any atom is 0.416 e. The molecule has 2 unspecified atom stereocenters. The Labute approximate surface area is 125 Å². The van der Waals surface area contributed by atoms with E-state index in [1.165, 1.54) is 6.92 Å². The van der Waals surface area contributed by atoms with Gasteiger partial charge in [0.1, 0.15) is 0 Å². The molecule has 2 rings (SSSR count). The fourth-order valence-corrected chi connectivity index (χ4v) is 3.22. The molecule has 2 aliphatic rings. The highest BCUT2D eigenvalue weighted by molar-refractivity contribution is 5.45. The van der Waals surface area contributed by atoms with Crippen LogP contribution in [0, 0.1) is 5.92 Å². The molecule has 0 radical (unpaired) electrons. The fraction of sp³-hybridized carbons (Fsp3) is 0.733. The van der Waals surface area contributed by atoms with E-state index in [1.807, 2.05) is 6.92 Å². The van der Waals surface area contributed by atoms with Crippen LogP contribution in [0.15, 0.2) is 22.8 Å². The van der Waals surface area contributed by atoms with E-state index in [1.54, 1.807) is 4.90 Å². The van der Waals surface area contributed by atoms with Crippen LogP contribution >= 0.6 is 0 Å². The molecule has 0 aromatic rings. The first-order chi connectivity index (χ1) is 10.00. The van der Waals surface area contributed by atoms with Gasteiger partial charge in [0.25, 0.3) is 0 Å². The van der Waals surface area contributed by atoms with Gasteiger partial charge < -0.3 is 0 Å². The molecule has 1 fully saturated rings. The molecular weight excluding hydrogens is 308 g/mol. The van der Waals surface area contributed by atoms with Crippen molar-refractivity contribution in [2.75, 3.05) is 13.1 Å². The van der Waals surface area contributed by atoms with Crippen molar-refractivity contribution in [1.29, 1.82) is 0 Å². The van der Waals surface area contributed by atoms with Crippen LogP contribution in [0.25, 0.3) is 0 Å². The van der Waals surface area contributed by atoms with E-state index in [9.17, 15) is 26.3 Å². The molecule has 22 heavy (non-hydrogen) atoms. The Kier molecular flexibility index (Phi) is 4.66. The summed E-state index contributed by atoms with van der Waals surface area (Å²) in [7, 11) is 0. The van der Waals surface area contributed by atoms with Crippen molar-refractivity contribution in [2.24, 2.45) is 5.92 Å². The van der Waals surface area contributed by atoms with Crippen LogP contribution in [0.1, 0.15) is 33.1 Å². The Bertz CT molecular complexity index is 485. The van der Waals surface area contributed by atoms with Crippen molar-refractivity contribution in [3.63, 3.8) is 0 Å². The van der Waals surface area contributed by atoms with Gasteiger partial charge in [-0.3, -0.25) is 4.90 Å². The maximum absolute atomic E-state index is 13.2. The van der Waals surface area contributed by atoms with E-state index in [4.69, 9.17) is 0 Å². The summed E-state index contributed by atoms with van der Waals surface area (Å²) in [5.74, 6) is -0.770. The molecule has 1 saturated heterocycles.